The van der Waals surface area contributed by atoms with E-state index in [0.29, 0.717) is 27.1 Å². The summed E-state index contributed by atoms with van der Waals surface area (Å²) < 4.78 is 1.93. The molecule has 33 heavy (non-hydrogen) atoms. The lowest BCUT2D eigenvalue weighted by molar-refractivity contribution is 0.102. The number of para-hydroxylation sites is 1. The molecular formula is C25H16ClN5OS. The van der Waals surface area contributed by atoms with Crippen LogP contribution in [-0.2, 0) is 0 Å². The third kappa shape index (κ3) is 4.14. The van der Waals surface area contributed by atoms with E-state index in [-0.39, 0.29) is 11.5 Å². The molecule has 0 spiro atoms. The molecule has 0 saturated carbocycles. The Morgan fingerprint density at radius 3 is 2.55 bits per heavy atom. The van der Waals surface area contributed by atoms with Crippen molar-refractivity contribution in [3.8, 4) is 23.1 Å². The van der Waals surface area contributed by atoms with Gasteiger partial charge in [-0.2, -0.15) is 5.26 Å². The molecule has 1 N–H and O–H groups in total. The Kier molecular flexibility index (Phi) is 5.69. The number of carbonyl (C=O) groups excluding carboxylic acids is 1. The molecule has 0 radical (unpaired) electrons. The molecule has 0 aliphatic rings. The molecule has 0 bridgehead atoms. The number of hydrogen-bond acceptors (Lipinski definition) is 5. The summed E-state index contributed by atoms with van der Waals surface area (Å²) in [5.41, 5.74) is 3.83. The quantitative estimate of drug-likeness (QED) is 0.246. The summed E-state index contributed by atoms with van der Waals surface area (Å²) in [4.78, 5) is 16.0. The Morgan fingerprint density at radius 2 is 1.79 bits per heavy atom. The first-order chi connectivity index (χ1) is 16.1. The largest absolute Gasteiger partial charge is 0.360 e. The zero-order valence-electron chi connectivity index (χ0n) is 17.2. The molecule has 6 nitrogen and oxygen atoms in total. The van der Waals surface area contributed by atoms with E-state index < -0.39 is 0 Å². The number of ketones is 1. The van der Waals surface area contributed by atoms with Gasteiger partial charge in [-0.3, -0.25) is 9.36 Å². The van der Waals surface area contributed by atoms with E-state index in [4.69, 9.17) is 16.9 Å². The van der Waals surface area contributed by atoms with Gasteiger partial charge in [-0.1, -0.05) is 53.7 Å². The van der Waals surface area contributed by atoms with Gasteiger partial charge in [0.25, 0.3) is 0 Å². The van der Waals surface area contributed by atoms with Crippen LogP contribution in [0.25, 0.3) is 28.0 Å². The summed E-state index contributed by atoms with van der Waals surface area (Å²) in [5.74, 6) is 0.804. The number of benzene rings is 3. The van der Waals surface area contributed by atoms with Crippen LogP contribution in [0.4, 0.5) is 0 Å². The van der Waals surface area contributed by atoms with Gasteiger partial charge in [-0.25, -0.2) is 0 Å². The monoisotopic (exact) mass is 469 g/mol. The van der Waals surface area contributed by atoms with Gasteiger partial charge in [0.2, 0.25) is 0 Å². The molecule has 8 heteroatoms. The second-order valence-corrected chi connectivity index (χ2v) is 8.65. The lowest BCUT2D eigenvalue weighted by Crippen LogP contribution is -2.05. The molecule has 0 saturated heterocycles. The number of rotatable bonds is 6. The third-order valence-corrected chi connectivity index (χ3v) is 6.40. The van der Waals surface area contributed by atoms with Crippen molar-refractivity contribution in [2.75, 3.05) is 5.75 Å². The number of halogens is 1. The molecule has 0 aliphatic carbocycles. The fourth-order valence-electron chi connectivity index (χ4n) is 3.56. The molecule has 0 atom stereocenters. The molecule has 0 aliphatic heterocycles. The standard InChI is InChI=1S/C25H16ClN5OS/c26-18-9-11-19(12-10-18)31-24(21-14-28-22-4-2-1-3-20(21)22)29-30-25(31)33-15-23(32)17-7-5-16(13-27)6-8-17/h1-12,14,28H,15H2. The predicted octanol–water partition coefficient (Wildman–Crippen LogP) is 5.92. The highest BCUT2D eigenvalue weighted by molar-refractivity contribution is 7.99. The number of fused-ring (bicyclic) bond motifs is 1. The van der Waals surface area contributed by atoms with Gasteiger partial charge in [-0.15, -0.1) is 10.2 Å². The van der Waals surface area contributed by atoms with Crippen LogP contribution in [0.3, 0.4) is 0 Å². The Hall–Kier alpha value is -3.86. The second-order valence-electron chi connectivity index (χ2n) is 7.27. The molecule has 2 aromatic heterocycles. The van der Waals surface area contributed by atoms with Gasteiger partial charge >= 0.3 is 0 Å². The normalized spacial score (nSPS) is 10.9. The zero-order chi connectivity index (χ0) is 22.8. The zero-order valence-corrected chi connectivity index (χ0v) is 18.8. The maximum Gasteiger partial charge on any atom is 0.196 e. The molecule has 0 fully saturated rings. The van der Waals surface area contributed by atoms with Crippen molar-refractivity contribution < 1.29 is 4.79 Å². The summed E-state index contributed by atoms with van der Waals surface area (Å²) in [7, 11) is 0. The number of nitrogens with zero attached hydrogens (tertiary/aromatic N) is 4. The minimum atomic E-state index is -0.0520. The number of hydrogen-bond donors (Lipinski definition) is 1. The van der Waals surface area contributed by atoms with Crippen LogP contribution >= 0.6 is 23.4 Å². The van der Waals surface area contributed by atoms with Gasteiger partial charge in [0, 0.05) is 38.9 Å². The lowest BCUT2D eigenvalue weighted by atomic mass is 10.1. The van der Waals surface area contributed by atoms with Gasteiger partial charge < -0.3 is 4.98 Å². The van der Waals surface area contributed by atoms with Gasteiger partial charge in [0.1, 0.15) is 0 Å². The third-order valence-electron chi connectivity index (χ3n) is 5.22. The highest BCUT2D eigenvalue weighted by Crippen LogP contribution is 2.33. The van der Waals surface area contributed by atoms with Crippen LogP contribution in [0, 0.1) is 11.3 Å². The van der Waals surface area contributed by atoms with Crippen molar-refractivity contribution in [3.05, 3.63) is 95.1 Å². The molecular weight excluding hydrogens is 454 g/mol. The average Bonchev–Trinajstić information content (AvgIpc) is 3.47. The van der Waals surface area contributed by atoms with E-state index in [1.807, 2.05) is 59.3 Å². The predicted molar refractivity (Wildman–Crippen MR) is 130 cm³/mol. The summed E-state index contributed by atoms with van der Waals surface area (Å²) in [6.45, 7) is 0. The number of aromatic amines is 1. The number of H-pyrrole nitrogens is 1. The number of carbonyl (C=O) groups is 1. The van der Waals surface area contributed by atoms with E-state index in [0.717, 1.165) is 22.2 Å². The van der Waals surface area contributed by atoms with E-state index in [1.54, 1.807) is 24.3 Å². The molecule has 160 valence electrons. The molecule has 3 aromatic carbocycles. The number of nitrogens with one attached hydrogen (secondary N) is 1. The smallest absolute Gasteiger partial charge is 0.196 e. The Bertz CT molecular complexity index is 1500. The van der Waals surface area contributed by atoms with E-state index >= 15 is 0 Å². The number of Topliss-reactive ketones (excluding diaryl/α,β-unsaturated/α-hetero) is 1. The number of aromatic nitrogens is 4. The van der Waals surface area contributed by atoms with Crippen LogP contribution < -0.4 is 0 Å². The van der Waals surface area contributed by atoms with Crippen molar-refractivity contribution in [2.45, 2.75) is 5.16 Å². The molecule has 0 amide bonds. The van der Waals surface area contributed by atoms with Crippen LogP contribution in [0.15, 0.2) is 84.1 Å². The van der Waals surface area contributed by atoms with Crippen LogP contribution in [0.1, 0.15) is 15.9 Å². The Labute approximate surface area is 198 Å². The fourth-order valence-corrected chi connectivity index (χ4v) is 4.53. The van der Waals surface area contributed by atoms with Gasteiger partial charge in [0.15, 0.2) is 16.8 Å². The van der Waals surface area contributed by atoms with Crippen molar-refractivity contribution in [2.24, 2.45) is 0 Å². The molecule has 0 unspecified atom stereocenters. The highest BCUT2D eigenvalue weighted by Gasteiger charge is 2.20. The van der Waals surface area contributed by atoms with Crippen molar-refractivity contribution in [3.63, 3.8) is 0 Å². The minimum absolute atomic E-state index is 0.0520. The van der Waals surface area contributed by atoms with E-state index in [9.17, 15) is 4.79 Å². The topological polar surface area (TPSA) is 87.4 Å². The Morgan fingerprint density at radius 1 is 1.03 bits per heavy atom. The van der Waals surface area contributed by atoms with E-state index in [1.165, 1.54) is 11.8 Å². The van der Waals surface area contributed by atoms with Gasteiger partial charge in [0.05, 0.1) is 17.4 Å². The summed E-state index contributed by atoms with van der Waals surface area (Å²) in [5, 5.41) is 20.1. The van der Waals surface area contributed by atoms with Crippen molar-refractivity contribution >= 4 is 40.0 Å². The first kappa shape index (κ1) is 21.0. The van der Waals surface area contributed by atoms with Crippen molar-refractivity contribution in [1.82, 2.24) is 19.7 Å². The summed E-state index contributed by atoms with van der Waals surface area (Å²) >= 11 is 7.42. The minimum Gasteiger partial charge on any atom is -0.360 e. The fraction of sp³-hybridized carbons (Fsp3) is 0.0400. The first-order valence-corrected chi connectivity index (χ1v) is 11.4. The molecule has 5 rings (SSSR count). The van der Waals surface area contributed by atoms with Crippen LogP contribution in [-0.4, -0.2) is 31.3 Å². The van der Waals surface area contributed by atoms with Crippen LogP contribution in [0.2, 0.25) is 5.02 Å². The maximum atomic E-state index is 12.7. The number of thioether (sulfide) groups is 1. The second kappa shape index (κ2) is 8.94. The summed E-state index contributed by atoms with van der Waals surface area (Å²) in [6, 6.07) is 24.1. The molecule has 5 aromatic rings. The van der Waals surface area contributed by atoms with Crippen molar-refractivity contribution in [1.29, 1.82) is 5.26 Å². The first-order valence-electron chi connectivity index (χ1n) is 10.1. The Balaban J connectivity index is 1.51. The van der Waals surface area contributed by atoms with Gasteiger partial charge in [-0.05, 0) is 42.5 Å². The highest BCUT2D eigenvalue weighted by atomic mass is 35.5. The summed E-state index contributed by atoms with van der Waals surface area (Å²) in [6.07, 6.45) is 1.91. The van der Waals surface area contributed by atoms with Crippen LogP contribution in [0.5, 0.6) is 0 Å². The maximum absolute atomic E-state index is 12.7. The SMILES string of the molecule is N#Cc1ccc(C(=O)CSc2nnc(-c3c[nH]c4ccccc34)n2-c2ccc(Cl)cc2)cc1. The average molecular weight is 470 g/mol. The number of nitriles is 1. The lowest BCUT2D eigenvalue weighted by Gasteiger charge is -2.10. The van der Waals surface area contributed by atoms with E-state index in [2.05, 4.69) is 21.3 Å². The molecule has 2 heterocycles.